The van der Waals surface area contributed by atoms with E-state index in [0.717, 1.165) is 36.1 Å². The molecule has 3 N–H and O–H groups in total. The van der Waals surface area contributed by atoms with E-state index >= 15 is 0 Å². The molecule has 0 aliphatic carbocycles. The highest BCUT2D eigenvalue weighted by atomic mass is 32.2. The smallest absolute Gasteiger partial charge is 0.294 e. The van der Waals surface area contributed by atoms with E-state index in [0.29, 0.717) is 0 Å². The van der Waals surface area contributed by atoms with Gasteiger partial charge in [-0.3, -0.25) is 9.35 Å². The van der Waals surface area contributed by atoms with Gasteiger partial charge in [-0.05, 0) is 62.7 Å². The standard InChI is InChI=1S/C21H24N4O4S/c1-4-25(5-2)18-9-10-20(15(3)11-18)23-14-16(13-22)21(26)24-17-7-6-8-19(12-17)30(27,28)29/h6-12,14,23H,4-5H2,1-3H3,(H,24,26)(H,27,28,29)/b16-14-. The molecule has 9 heteroatoms. The van der Waals surface area contributed by atoms with Crippen LogP contribution < -0.4 is 15.5 Å². The van der Waals surface area contributed by atoms with E-state index in [1.165, 1.54) is 24.4 Å². The van der Waals surface area contributed by atoms with Crippen molar-refractivity contribution in [2.24, 2.45) is 0 Å². The second kappa shape index (κ2) is 9.91. The molecule has 0 saturated carbocycles. The second-order valence-corrected chi connectivity index (χ2v) is 7.86. The second-order valence-electron chi connectivity index (χ2n) is 6.44. The van der Waals surface area contributed by atoms with Gasteiger partial charge >= 0.3 is 0 Å². The fourth-order valence-corrected chi connectivity index (χ4v) is 3.35. The molecule has 1 amide bonds. The first-order valence-corrected chi connectivity index (χ1v) is 10.7. The average molecular weight is 429 g/mol. The molecule has 0 unspecified atom stereocenters. The summed E-state index contributed by atoms with van der Waals surface area (Å²) in [6.45, 7) is 7.87. The van der Waals surface area contributed by atoms with Gasteiger partial charge in [0.1, 0.15) is 11.6 Å². The van der Waals surface area contributed by atoms with E-state index in [1.807, 2.05) is 31.2 Å². The first-order valence-electron chi connectivity index (χ1n) is 9.30. The van der Waals surface area contributed by atoms with Crippen LogP contribution in [-0.4, -0.2) is 32.0 Å². The number of nitrogens with zero attached hydrogens (tertiary/aromatic N) is 2. The first kappa shape index (κ1) is 22.9. The lowest BCUT2D eigenvalue weighted by atomic mass is 10.1. The summed E-state index contributed by atoms with van der Waals surface area (Å²) >= 11 is 0. The maximum Gasteiger partial charge on any atom is 0.294 e. The van der Waals surface area contributed by atoms with Crippen LogP contribution in [0.4, 0.5) is 17.1 Å². The Labute approximate surface area is 176 Å². The highest BCUT2D eigenvalue weighted by Crippen LogP contribution is 2.23. The lowest BCUT2D eigenvalue weighted by Crippen LogP contribution is -2.21. The number of carbonyl (C=O) groups excluding carboxylic acids is 1. The molecule has 0 aliphatic rings. The molecule has 0 atom stereocenters. The summed E-state index contributed by atoms with van der Waals surface area (Å²) in [7, 11) is -4.40. The molecule has 0 radical (unpaired) electrons. The van der Waals surface area contributed by atoms with Gasteiger partial charge in [0.25, 0.3) is 16.0 Å². The zero-order valence-electron chi connectivity index (χ0n) is 17.0. The molecule has 2 aromatic rings. The molecule has 30 heavy (non-hydrogen) atoms. The maximum absolute atomic E-state index is 12.4. The third kappa shape index (κ3) is 5.83. The summed E-state index contributed by atoms with van der Waals surface area (Å²) in [6, 6.07) is 12.8. The van der Waals surface area contributed by atoms with Crippen LogP contribution in [0.3, 0.4) is 0 Å². The van der Waals surface area contributed by atoms with Gasteiger partial charge in [0.15, 0.2) is 0 Å². The van der Waals surface area contributed by atoms with Crippen LogP contribution >= 0.6 is 0 Å². The van der Waals surface area contributed by atoms with Crippen molar-refractivity contribution in [1.82, 2.24) is 0 Å². The molecule has 0 spiro atoms. The fourth-order valence-electron chi connectivity index (χ4n) is 2.83. The summed E-state index contributed by atoms with van der Waals surface area (Å²) in [4.78, 5) is 14.2. The van der Waals surface area contributed by atoms with Gasteiger partial charge < -0.3 is 15.5 Å². The van der Waals surface area contributed by atoms with Crippen LogP contribution in [0.2, 0.25) is 0 Å². The Morgan fingerprint density at radius 3 is 2.47 bits per heavy atom. The summed E-state index contributed by atoms with van der Waals surface area (Å²) in [6.07, 6.45) is 1.29. The number of hydrogen-bond acceptors (Lipinski definition) is 6. The van der Waals surface area contributed by atoms with Gasteiger partial charge in [0.2, 0.25) is 0 Å². The van der Waals surface area contributed by atoms with Crippen LogP contribution in [0, 0.1) is 18.3 Å². The van der Waals surface area contributed by atoms with Crippen LogP contribution in [-0.2, 0) is 14.9 Å². The quantitative estimate of drug-likeness (QED) is 0.334. The molecular weight excluding hydrogens is 404 g/mol. The minimum absolute atomic E-state index is 0.135. The minimum atomic E-state index is -4.40. The average Bonchev–Trinajstić information content (AvgIpc) is 2.70. The van der Waals surface area contributed by atoms with E-state index < -0.39 is 16.0 Å². The number of amides is 1. The molecule has 0 heterocycles. The topological polar surface area (TPSA) is 123 Å². The summed E-state index contributed by atoms with van der Waals surface area (Å²) < 4.78 is 31.6. The first-order chi connectivity index (χ1) is 14.2. The zero-order valence-corrected chi connectivity index (χ0v) is 17.8. The minimum Gasteiger partial charge on any atom is -0.372 e. The van der Waals surface area contributed by atoms with E-state index in [9.17, 15) is 18.5 Å². The van der Waals surface area contributed by atoms with Crippen LogP contribution in [0.15, 0.2) is 59.1 Å². The molecule has 2 aromatic carbocycles. The van der Waals surface area contributed by atoms with Crippen LogP contribution in [0.25, 0.3) is 0 Å². The van der Waals surface area contributed by atoms with Crippen molar-refractivity contribution < 1.29 is 17.8 Å². The Bertz CT molecular complexity index is 1100. The summed E-state index contributed by atoms with van der Waals surface area (Å²) in [5.74, 6) is -0.713. The normalized spacial score (nSPS) is 11.5. The number of carbonyl (C=O) groups is 1. The van der Waals surface area contributed by atoms with Crippen molar-refractivity contribution >= 4 is 33.1 Å². The van der Waals surface area contributed by atoms with Crippen molar-refractivity contribution in [1.29, 1.82) is 5.26 Å². The predicted molar refractivity (Wildman–Crippen MR) is 117 cm³/mol. The number of aryl methyl sites for hydroxylation is 1. The number of rotatable bonds is 8. The Hall–Kier alpha value is -3.35. The monoisotopic (exact) mass is 428 g/mol. The van der Waals surface area contributed by atoms with Crippen LogP contribution in [0.5, 0.6) is 0 Å². The number of anilines is 3. The summed E-state index contributed by atoms with van der Waals surface area (Å²) in [5.41, 5.74) is 2.73. The van der Waals surface area contributed by atoms with E-state index in [1.54, 1.807) is 0 Å². The Kier molecular flexibility index (Phi) is 7.58. The molecule has 0 saturated heterocycles. The molecule has 158 valence electrons. The Balaban J connectivity index is 2.16. The Morgan fingerprint density at radius 1 is 1.20 bits per heavy atom. The van der Waals surface area contributed by atoms with Crippen molar-refractivity contribution in [3.05, 3.63) is 59.8 Å². The van der Waals surface area contributed by atoms with E-state index in [-0.39, 0.29) is 16.2 Å². The number of nitriles is 1. The number of hydrogen-bond donors (Lipinski definition) is 3. The van der Waals surface area contributed by atoms with Crippen LogP contribution in [0.1, 0.15) is 19.4 Å². The molecular formula is C21H24N4O4S. The molecule has 0 fully saturated rings. The van der Waals surface area contributed by atoms with Crippen molar-refractivity contribution in [3.8, 4) is 6.07 Å². The number of benzene rings is 2. The van der Waals surface area contributed by atoms with Gasteiger partial charge in [-0.25, -0.2) is 0 Å². The zero-order chi connectivity index (χ0) is 22.3. The highest BCUT2D eigenvalue weighted by Gasteiger charge is 2.13. The largest absolute Gasteiger partial charge is 0.372 e. The molecule has 0 bridgehead atoms. The van der Waals surface area contributed by atoms with Gasteiger partial charge in [0.05, 0.1) is 4.90 Å². The third-order valence-electron chi connectivity index (χ3n) is 4.47. The Morgan fingerprint density at radius 2 is 1.90 bits per heavy atom. The van der Waals surface area contributed by atoms with E-state index in [4.69, 9.17) is 4.55 Å². The maximum atomic E-state index is 12.4. The molecule has 0 aliphatic heterocycles. The van der Waals surface area contributed by atoms with Gasteiger partial charge in [-0.2, -0.15) is 13.7 Å². The predicted octanol–water partition coefficient (Wildman–Crippen LogP) is 3.55. The van der Waals surface area contributed by atoms with Crippen molar-refractivity contribution in [2.45, 2.75) is 25.7 Å². The third-order valence-corrected chi connectivity index (χ3v) is 5.32. The lowest BCUT2D eigenvalue weighted by molar-refractivity contribution is -0.112. The molecule has 2 rings (SSSR count). The highest BCUT2D eigenvalue weighted by molar-refractivity contribution is 7.85. The fraction of sp³-hybridized carbons (Fsp3) is 0.238. The SMILES string of the molecule is CCN(CC)c1ccc(N/C=C(/C#N)C(=O)Nc2cccc(S(=O)(=O)O)c2)c(C)c1. The lowest BCUT2D eigenvalue weighted by Gasteiger charge is -2.22. The number of nitrogens with one attached hydrogen (secondary N) is 2. The van der Waals surface area contributed by atoms with Gasteiger partial charge in [-0.1, -0.05) is 6.07 Å². The van der Waals surface area contributed by atoms with Crippen molar-refractivity contribution in [2.75, 3.05) is 28.6 Å². The van der Waals surface area contributed by atoms with Gasteiger partial charge in [0, 0.05) is 36.4 Å². The summed E-state index contributed by atoms with van der Waals surface area (Å²) in [5, 5.41) is 14.7. The molecule has 0 aromatic heterocycles. The van der Waals surface area contributed by atoms with Gasteiger partial charge in [-0.15, -0.1) is 0 Å². The van der Waals surface area contributed by atoms with E-state index in [2.05, 4.69) is 29.4 Å². The molecule has 8 nitrogen and oxygen atoms in total. The van der Waals surface area contributed by atoms with Crippen molar-refractivity contribution in [3.63, 3.8) is 0 Å².